The van der Waals surface area contributed by atoms with Gasteiger partial charge in [-0.05, 0) is 94.8 Å². The smallest absolute Gasteiger partial charge is 0.339 e. The van der Waals surface area contributed by atoms with Crippen molar-refractivity contribution in [3.05, 3.63) is 52.7 Å². The zero-order valence-electron chi connectivity index (χ0n) is 22.3. The van der Waals surface area contributed by atoms with Crippen LogP contribution in [0.2, 0.25) is 0 Å². The number of nitrogens with zero attached hydrogens (tertiary/aromatic N) is 2. The van der Waals surface area contributed by atoms with Crippen molar-refractivity contribution >= 4 is 28.2 Å². The van der Waals surface area contributed by atoms with Crippen molar-refractivity contribution in [2.45, 2.75) is 66.1 Å². The average molecular weight is 488 g/mol. The van der Waals surface area contributed by atoms with E-state index in [0.29, 0.717) is 6.61 Å². The van der Waals surface area contributed by atoms with E-state index in [4.69, 9.17) is 14.5 Å². The molecule has 6 nitrogen and oxygen atoms in total. The number of anilines is 2. The molecule has 3 heterocycles. The fourth-order valence-corrected chi connectivity index (χ4v) is 5.68. The normalized spacial score (nSPS) is 15.9. The van der Waals surface area contributed by atoms with Gasteiger partial charge in [0.25, 0.3) is 0 Å². The Morgan fingerprint density at radius 2 is 1.97 bits per heavy atom. The lowest BCUT2D eigenvalue weighted by molar-refractivity contribution is -0.166. The number of carbonyl (C=O) groups is 1. The molecule has 36 heavy (non-hydrogen) atoms. The standard InChI is InChI=1S/C30H37N3O3/c1-7-35-29(34)28(36-30(4,5)6)25-18(2)17-24-22(11-10-19(3)32-24)26(25)20-12-13-23-27-21(20)9-8-15-33(27)16-14-31-23/h10-13,17,28,31H,7-9,14-16H2,1-6H3/t28-/m0/s1. The summed E-state index contributed by atoms with van der Waals surface area (Å²) in [6.07, 6.45) is 1.26. The third kappa shape index (κ3) is 4.43. The van der Waals surface area contributed by atoms with Crippen LogP contribution in [0.25, 0.3) is 22.0 Å². The van der Waals surface area contributed by atoms with E-state index < -0.39 is 11.7 Å². The maximum atomic E-state index is 13.4. The summed E-state index contributed by atoms with van der Waals surface area (Å²) in [4.78, 5) is 20.8. The minimum atomic E-state index is -0.841. The molecule has 1 atom stereocenters. The molecule has 2 aliphatic heterocycles. The Labute approximate surface area is 214 Å². The average Bonchev–Trinajstić information content (AvgIpc) is 2.82. The van der Waals surface area contributed by atoms with Crippen LogP contribution < -0.4 is 10.2 Å². The molecule has 0 fully saturated rings. The number of aryl methyl sites for hydroxylation is 2. The zero-order valence-corrected chi connectivity index (χ0v) is 22.3. The lowest BCUT2D eigenvalue weighted by Gasteiger charge is -2.38. The lowest BCUT2D eigenvalue weighted by Crippen LogP contribution is -2.38. The molecule has 0 aliphatic carbocycles. The van der Waals surface area contributed by atoms with Gasteiger partial charge in [0, 0.05) is 36.3 Å². The Balaban J connectivity index is 1.84. The van der Waals surface area contributed by atoms with Gasteiger partial charge >= 0.3 is 5.97 Å². The number of nitrogens with one attached hydrogen (secondary N) is 1. The van der Waals surface area contributed by atoms with Crippen molar-refractivity contribution in [3.8, 4) is 11.1 Å². The number of hydrogen-bond donors (Lipinski definition) is 1. The molecule has 5 rings (SSSR count). The minimum absolute atomic E-state index is 0.302. The van der Waals surface area contributed by atoms with Crippen molar-refractivity contribution in [1.82, 2.24) is 4.98 Å². The van der Waals surface area contributed by atoms with Crippen LogP contribution in [-0.4, -0.2) is 42.8 Å². The van der Waals surface area contributed by atoms with E-state index in [1.165, 1.54) is 16.9 Å². The summed E-state index contributed by atoms with van der Waals surface area (Å²) in [5.74, 6) is -0.355. The second-order valence-electron chi connectivity index (χ2n) is 10.9. The van der Waals surface area contributed by atoms with Gasteiger partial charge in [0.15, 0.2) is 6.10 Å². The van der Waals surface area contributed by atoms with Gasteiger partial charge in [-0.2, -0.15) is 0 Å². The number of benzene rings is 2. The first kappa shape index (κ1) is 24.6. The van der Waals surface area contributed by atoms with Crippen LogP contribution in [0.1, 0.15) is 62.6 Å². The molecular weight excluding hydrogens is 450 g/mol. The molecule has 0 bridgehead atoms. The third-order valence-corrected chi connectivity index (χ3v) is 7.04. The van der Waals surface area contributed by atoms with Crippen molar-refractivity contribution < 1.29 is 14.3 Å². The number of hydrogen-bond acceptors (Lipinski definition) is 6. The van der Waals surface area contributed by atoms with E-state index in [1.54, 1.807) is 0 Å². The fraction of sp³-hybridized carbons (Fsp3) is 0.467. The monoisotopic (exact) mass is 487 g/mol. The van der Waals surface area contributed by atoms with Gasteiger partial charge in [0.2, 0.25) is 0 Å². The predicted octanol–water partition coefficient (Wildman–Crippen LogP) is 6.12. The number of fused-ring (bicyclic) bond motifs is 1. The first-order chi connectivity index (χ1) is 17.2. The summed E-state index contributed by atoms with van der Waals surface area (Å²) in [5, 5.41) is 4.62. The van der Waals surface area contributed by atoms with Crippen LogP contribution in [0.4, 0.5) is 11.4 Å². The number of aromatic nitrogens is 1. The van der Waals surface area contributed by atoms with Crippen LogP contribution in [0.3, 0.4) is 0 Å². The SMILES string of the molecule is CCOC(=O)[C@@H](OC(C)(C)C)c1c(C)cc2nc(C)ccc2c1-c1ccc2c3c1CCCN3CCN2. The van der Waals surface area contributed by atoms with Gasteiger partial charge in [0.1, 0.15) is 0 Å². The highest BCUT2D eigenvalue weighted by molar-refractivity contribution is 6.02. The van der Waals surface area contributed by atoms with E-state index in [2.05, 4.69) is 41.4 Å². The molecule has 190 valence electrons. The Morgan fingerprint density at radius 3 is 2.72 bits per heavy atom. The molecule has 1 N–H and O–H groups in total. The number of pyridine rings is 1. The second-order valence-corrected chi connectivity index (χ2v) is 10.9. The van der Waals surface area contributed by atoms with Crippen LogP contribution in [0.15, 0.2) is 30.3 Å². The molecule has 2 aromatic carbocycles. The predicted molar refractivity (Wildman–Crippen MR) is 146 cm³/mol. The Morgan fingerprint density at radius 1 is 1.17 bits per heavy atom. The highest BCUT2D eigenvalue weighted by atomic mass is 16.6. The van der Waals surface area contributed by atoms with Crippen LogP contribution >= 0.6 is 0 Å². The van der Waals surface area contributed by atoms with Crippen molar-refractivity contribution in [3.63, 3.8) is 0 Å². The Kier molecular flexibility index (Phi) is 6.41. The summed E-state index contributed by atoms with van der Waals surface area (Å²) in [6, 6.07) is 10.7. The largest absolute Gasteiger partial charge is 0.464 e. The summed E-state index contributed by atoms with van der Waals surface area (Å²) >= 11 is 0. The second kappa shape index (κ2) is 9.40. The van der Waals surface area contributed by atoms with Crippen molar-refractivity contribution in [2.24, 2.45) is 0 Å². The summed E-state index contributed by atoms with van der Waals surface area (Å²) in [6.45, 7) is 15.2. The van der Waals surface area contributed by atoms with Crippen molar-refractivity contribution in [1.29, 1.82) is 0 Å². The molecular formula is C30H37N3O3. The van der Waals surface area contributed by atoms with E-state index in [1.807, 2.05) is 40.7 Å². The molecule has 0 unspecified atom stereocenters. The topological polar surface area (TPSA) is 63.7 Å². The van der Waals surface area contributed by atoms with E-state index in [9.17, 15) is 4.79 Å². The number of esters is 1. The maximum absolute atomic E-state index is 13.4. The first-order valence-electron chi connectivity index (χ1n) is 13.1. The molecule has 0 saturated carbocycles. The molecule has 1 aromatic heterocycles. The van der Waals surface area contributed by atoms with E-state index >= 15 is 0 Å². The molecule has 2 aliphatic rings. The summed E-state index contributed by atoms with van der Waals surface area (Å²) in [7, 11) is 0. The highest BCUT2D eigenvalue weighted by Gasteiger charge is 2.35. The third-order valence-electron chi connectivity index (χ3n) is 7.04. The Bertz CT molecular complexity index is 1320. The van der Waals surface area contributed by atoms with Crippen LogP contribution in [0, 0.1) is 13.8 Å². The number of ether oxygens (including phenoxy) is 2. The minimum Gasteiger partial charge on any atom is -0.464 e. The molecule has 0 radical (unpaired) electrons. The zero-order chi connectivity index (χ0) is 25.6. The van der Waals surface area contributed by atoms with Gasteiger partial charge in [-0.25, -0.2) is 4.79 Å². The fourth-order valence-electron chi connectivity index (χ4n) is 5.68. The van der Waals surface area contributed by atoms with Gasteiger partial charge in [-0.1, -0.05) is 12.1 Å². The molecule has 3 aromatic rings. The molecule has 0 spiro atoms. The quantitative estimate of drug-likeness (QED) is 0.438. The summed E-state index contributed by atoms with van der Waals surface area (Å²) in [5.41, 5.74) is 9.23. The first-order valence-corrected chi connectivity index (χ1v) is 13.1. The molecule has 6 heteroatoms. The van der Waals surface area contributed by atoms with E-state index in [-0.39, 0.29) is 5.97 Å². The molecule has 0 amide bonds. The number of carbonyl (C=O) groups excluding carboxylic acids is 1. The summed E-state index contributed by atoms with van der Waals surface area (Å²) < 4.78 is 12.0. The van der Waals surface area contributed by atoms with Gasteiger partial charge in [-0.15, -0.1) is 0 Å². The Hall–Kier alpha value is -3.12. The lowest BCUT2D eigenvalue weighted by atomic mass is 9.83. The van der Waals surface area contributed by atoms with E-state index in [0.717, 1.165) is 71.3 Å². The van der Waals surface area contributed by atoms with Gasteiger partial charge in [0.05, 0.1) is 29.1 Å². The highest BCUT2D eigenvalue weighted by Crippen LogP contribution is 2.47. The maximum Gasteiger partial charge on any atom is 0.339 e. The molecule has 0 saturated heterocycles. The van der Waals surface area contributed by atoms with Crippen LogP contribution in [0.5, 0.6) is 0 Å². The number of rotatable bonds is 5. The van der Waals surface area contributed by atoms with Crippen LogP contribution in [-0.2, 0) is 20.7 Å². The van der Waals surface area contributed by atoms with Gasteiger partial charge in [-0.3, -0.25) is 4.98 Å². The van der Waals surface area contributed by atoms with Gasteiger partial charge < -0.3 is 19.7 Å². The van der Waals surface area contributed by atoms with Crippen molar-refractivity contribution in [2.75, 3.05) is 36.5 Å².